The number of aromatic nitrogens is 2. The van der Waals surface area contributed by atoms with Crippen LogP contribution in [0.3, 0.4) is 0 Å². The number of benzene rings is 1. The molecule has 6 heteroatoms. The van der Waals surface area contributed by atoms with Crippen LogP contribution in [0.5, 0.6) is 0 Å². The molecule has 2 heterocycles. The molecule has 0 unspecified atom stereocenters. The van der Waals surface area contributed by atoms with Gasteiger partial charge >= 0.3 is 0 Å². The molecule has 5 nitrogen and oxygen atoms in total. The van der Waals surface area contributed by atoms with Gasteiger partial charge in [-0.15, -0.1) is 11.3 Å². The molecule has 0 radical (unpaired) electrons. The molecule has 3 rings (SSSR count). The Morgan fingerprint density at radius 3 is 2.63 bits per heavy atom. The maximum Gasteiger partial charge on any atom is 0.261 e. The first-order valence-corrected chi connectivity index (χ1v) is 10.0. The second-order valence-corrected chi connectivity index (χ2v) is 9.17. The van der Waals surface area contributed by atoms with Gasteiger partial charge in [0.1, 0.15) is 4.83 Å². The van der Waals surface area contributed by atoms with Gasteiger partial charge in [0.2, 0.25) is 0 Å². The van der Waals surface area contributed by atoms with Gasteiger partial charge in [0.05, 0.1) is 17.1 Å². The van der Waals surface area contributed by atoms with Gasteiger partial charge in [-0.25, -0.2) is 0 Å². The highest BCUT2D eigenvalue weighted by atomic mass is 32.1. The molecule has 0 saturated heterocycles. The van der Waals surface area contributed by atoms with E-state index in [1.165, 1.54) is 16.9 Å². The van der Waals surface area contributed by atoms with Crippen LogP contribution >= 0.6 is 11.3 Å². The lowest BCUT2D eigenvalue weighted by Gasteiger charge is -2.28. The van der Waals surface area contributed by atoms with Crippen LogP contribution < -0.4 is 5.32 Å². The van der Waals surface area contributed by atoms with Gasteiger partial charge in [-0.2, -0.15) is 5.10 Å². The zero-order valence-electron chi connectivity index (χ0n) is 16.7. The average molecular weight is 385 g/mol. The van der Waals surface area contributed by atoms with E-state index in [2.05, 4.69) is 55.4 Å². The fourth-order valence-corrected chi connectivity index (χ4v) is 4.48. The molecule has 0 aliphatic rings. The fourth-order valence-electron chi connectivity index (χ4n) is 3.41. The van der Waals surface area contributed by atoms with Crippen molar-refractivity contribution < 1.29 is 4.79 Å². The molecule has 2 aromatic heterocycles. The number of hydrogen-bond donors (Lipinski definition) is 1. The Labute approximate surface area is 165 Å². The summed E-state index contributed by atoms with van der Waals surface area (Å²) in [6.45, 7) is 8.61. The van der Waals surface area contributed by atoms with E-state index in [0.717, 1.165) is 27.3 Å². The number of carbonyl (C=O) groups excluding carboxylic acids is 1. The first kappa shape index (κ1) is 19.6. The second kappa shape index (κ2) is 7.82. The van der Waals surface area contributed by atoms with Gasteiger partial charge in [-0.3, -0.25) is 9.48 Å². The van der Waals surface area contributed by atoms with E-state index in [1.54, 1.807) is 0 Å². The van der Waals surface area contributed by atoms with E-state index in [1.807, 2.05) is 35.9 Å². The molecule has 0 atom stereocenters. The van der Waals surface area contributed by atoms with Gasteiger partial charge in [-0.1, -0.05) is 44.2 Å². The minimum absolute atomic E-state index is 0.00584. The Morgan fingerprint density at radius 1 is 1.26 bits per heavy atom. The number of amides is 1. The topological polar surface area (TPSA) is 50.2 Å². The summed E-state index contributed by atoms with van der Waals surface area (Å²) < 4.78 is 2.00. The van der Waals surface area contributed by atoms with Crippen LogP contribution in [0.2, 0.25) is 0 Å². The summed E-state index contributed by atoms with van der Waals surface area (Å²) >= 11 is 1.51. The molecule has 1 amide bonds. The summed E-state index contributed by atoms with van der Waals surface area (Å²) in [6.07, 6.45) is 0. The zero-order chi connectivity index (χ0) is 19.6. The lowest BCUT2D eigenvalue weighted by atomic mass is 9.93. The third-order valence-corrected chi connectivity index (χ3v) is 5.63. The van der Waals surface area contributed by atoms with Crippen molar-refractivity contribution in [3.05, 3.63) is 52.5 Å². The maximum absolute atomic E-state index is 12.7. The first-order chi connectivity index (χ1) is 12.7. The van der Waals surface area contributed by atoms with E-state index in [9.17, 15) is 4.79 Å². The monoisotopic (exact) mass is 384 g/mol. The molecule has 0 aliphatic heterocycles. The predicted octanol–water partition coefficient (Wildman–Crippen LogP) is 3.77. The SMILES string of the molecule is Cc1nn(Cc2ccccc2)c2sc(C(=O)NCC(C)(C)CN(C)C)cc12. The van der Waals surface area contributed by atoms with Gasteiger partial charge in [-0.05, 0) is 38.1 Å². The van der Waals surface area contributed by atoms with Gasteiger partial charge in [0.15, 0.2) is 0 Å². The smallest absolute Gasteiger partial charge is 0.261 e. The molecule has 3 aromatic rings. The number of carbonyl (C=O) groups is 1. The third kappa shape index (κ3) is 4.76. The van der Waals surface area contributed by atoms with Crippen LogP contribution in [-0.4, -0.2) is 47.8 Å². The van der Waals surface area contributed by atoms with Crippen molar-refractivity contribution in [3.8, 4) is 0 Å². The Morgan fingerprint density at radius 2 is 1.96 bits per heavy atom. The lowest BCUT2D eigenvalue weighted by Crippen LogP contribution is -2.39. The number of nitrogens with one attached hydrogen (secondary N) is 1. The Balaban J connectivity index is 1.76. The summed E-state index contributed by atoms with van der Waals surface area (Å²) in [4.78, 5) is 16.6. The van der Waals surface area contributed by atoms with E-state index < -0.39 is 0 Å². The van der Waals surface area contributed by atoms with Gasteiger partial charge in [0.25, 0.3) is 5.91 Å². The van der Waals surface area contributed by atoms with Crippen molar-refractivity contribution in [3.63, 3.8) is 0 Å². The predicted molar refractivity (Wildman–Crippen MR) is 113 cm³/mol. The van der Waals surface area contributed by atoms with E-state index in [0.29, 0.717) is 13.1 Å². The number of aryl methyl sites for hydroxylation is 1. The first-order valence-electron chi connectivity index (χ1n) is 9.19. The van der Waals surface area contributed by atoms with Crippen molar-refractivity contribution in [1.29, 1.82) is 0 Å². The van der Waals surface area contributed by atoms with Crippen LogP contribution in [-0.2, 0) is 6.54 Å². The fraction of sp³-hybridized carbons (Fsp3) is 0.429. The standard InChI is InChI=1S/C21H28N4OS/c1-15-17-11-18(19(26)22-13-21(2,3)14-24(4)5)27-20(17)25(23-15)12-16-9-7-6-8-10-16/h6-11H,12-14H2,1-5H3,(H,22,26). The number of thiophene rings is 1. The van der Waals surface area contributed by atoms with Crippen LogP contribution in [0.25, 0.3) is 10.2 Å². The molecule has 0 saturated carbocycles. The molecule has 1 N–H and O–H groups in total. The van der Waals surface area contributed by atoms with Crippen molar-refractivity contribution >= 4 is 27.5 Å². The Bertz CT molecular complexity index is 924. The van der Waals surface area contributed by atoms with Gasteiger partial charge in [0, 0.05) is 18.5 Å². The van der Waals surface area contributed by atoms with Crippen molar-refractivity contribution in [1.82, 2.24) is 20.0 Å². The number of fused-ring (bicyclic) bond motifs is 1. The molecule has 0 fully saturated rings. The summed E-state index contributed by atoms with van der Waals surface area (Å²) in [7, 11) is 4.10. The summed E-state index contributed by atoms with van der Waals surface area (Å²) in [5, 5.41) is 8.82. The highest BCUT2D eigenvalue weighted by molar-refractivity contribution is 7.20. The minimum atomic E-state index is -0.00584. The summed E-state index contributed by atoms with van der Waals surface area (Å²) in [5.41, 5.74) is 2.19. The third-order valence-electron chi connectivity index (χ3n) is 4.48. The lowest BCUT2D eigenvalue weighted by molar-refractivity contribution is 0.0933. The normalized spacial score (nSPS) is 12.1. The van der Waals surface area contributed by atoms with E-state index in [-0.39, 0.29) is 11.3 Å². The van der Waals surface area contributed by atoms with Crippen LogP contribution in [0.15, 0.2) is 36.4 Å². The van der Waals surface area contributed by atoms with Crippen molar-refractivity contribution in [2.45, 2.75) is 27.3 Å². The molecule has 0 spiro atoms. The number of rotatable bonds is 7. The van der Waals surface area contributed by atoms with E-state index >= 15 is 0 Å². The molecule has 0 aliphatic carbocycles. The maximum atomic E-state index is 12.7. The Kier molecular flexibility index (Phi) is 5.67. The van der Waals surface area contributed by atoms with Crippen molar-refractivity contribution in [2.75, 3.05) is 27.2 Å². The molecule has 0 bridgehead atoms. The van der Waals surface area contributed by atoms with Crippen LogP contribution in [0.1, 0.15) is 34.8 Å². The minimum Gasteiger partial charge on any atom is -0.351 e. The highest BCUT2D eigenvalue weighted by Gasteiger charge is 2.22. The molecule has 1 aromatic carbocycles. The second-order valence-electron chi connectivity index (χ2n) is 8.14. The largest absolute Gasteiger partial charge is 0.351 e. The summed E-state index contributed by atoms with van der Waals surface area (Å²) in [5.74, 6) is -0.00584. The number of hydrogen-bond acceptors (Lipinski definition) is 4. The quantitative estimate of drug-likeness (QED) is 0.675. The molecule has 144 valence electrons. The molecular weight excluding hydrogens is 356 g/mol. The highest BCUT2D eigenvalue weighted by Crippen LogP contribution is 2.29. The zero-order valence-corrected chi connectivity index (χ0v) is 17.6. The van der Waals surface area contributed by atoms with Crippen LogP contribution in [0.4, 0.5) is 0 Å². The average Bonchev–Trinajstić information content (AvgIpc) is 3.15. The molecule has 27 heavy (non-hydrogen) atoms. The van der Waals surface area contributed by atoms with Crippen molar-refractivity contribution in [2.24, 2.45) is 5.41 Å². The van der Waals surface area contributed by atoms with Crippen LogP contribution in [0, 0.1) is 12.3 Å². The Hall–Kier alpha value is -2.18. The number of nitrogens with zero attached hydrogens (tertiary/aromatic N) is 3. The summed E-state index contributed by atoms with van der Waals surface area (Å²) in [6, 6.07) is 12.2. The van der Waals surface area contributed by atoms with E-state index in [4.69, 9.17) is 0 Å². The molecular formula is C21H28N4OS. The van der Waals surface area contributed by atoms with Gasteiger partial charge < -0.3 is 10.2 Å².